The van der Waals surface area contributed by atoms with E-state index in [2.05, 4.69) is 39.3 Å². The predicted molar refractivity (Wildman–Crippen MR) is 67.5 cm³/mol. The van der Waals surface area contributed by atoms with Crippen LogP contribution in [0.25, 0.3) is 0 Å². The fourth-order valence-corrected chi connectivity index (χ4v) is 0.679. The molecule has 0 bridgehead atoms. The third kappa shape index (κ3) is 31.3. The summed E-state index contributed by atoms with van der Waals surface area (Å²) in [5.74, 6) is 1.42. The molecule has 0 aromatic carbocycles. The molecule has 1 aromatic heterocycles. The summed E-state index contributed by atoms with van der Waals surface area (Å²) in [5, 5.41) is 0. The van der Waals surface area contributed by atoms with Gasteiger partial charge in [-0.2, -0.15) is 20.8 Å². The van der Waals surface area contributed by atoms with Crippen molar-refractivity contribution in [2.24, 2.45) is 0 Å². The van der Waals surface area contributed by atoms with E-state index in [0.29, 0.717) is 0 Å². The molecule has 17 heavy (non-hydrogen) atoms. The van der Waals surface area contributed by atoms with E-state index in [1.54, 1.807) is 0 Å². The zero-order chi connectivity index (χ0) is 13.6. The molecule has 0 unspecified atom stereocenters. The average Bonchev–Trinajstić information content (AvgIpc) is 2.22. The van der Waals surface area contributed by atoms with Crippen LogP contribution in [0.15, 0.2) is 18.2 Å². The van der Waals surface area contributed by atoms with E-state index >= 15 is 0 Å². The van der Waals surface area contributed by atoms with E-state index in [0.717, 1.165) is 11.4 Å². The van der Waals surface area contributed by atoms with Gasteiger partial charge in [0.05, 0.1) is 0 Å². The number of pyridine rings is 1. The summed E-state index contributed by atoms with van der Waals surface area (Å²) in [5.41, 5.74) is 2.18. The predicted octanol–water partition coefficient (Wildman–Crippen LogP) is 2.77. The molecule has 0 atom stereocenters. The van der Waals surface area contributed by atoms with Gasteiger partial charge in [0, 0.05) is 11.4 Å². The minimum absolute atomic E-state index is 0. The SMILES string of the molecule is C[C-](C)C.Cc1cccc(C)n1.[CH-]=O.[CH-]=O.[Ru+3]. The molecule has 97 valence electrons. The van der Waals surface area contributed by atoms with Crippen LogP contribution >= 0.6 is 0 Å². The van der Waals surface area contributed by atoms with Crippen LogP contribution in [-0.2, 0) is 29.1 Å². The quantitative estimate of drug-likeness (QED) is 0.419. The van der Waals surface area contributed by atoms with Crippen molar-refractivity contribution >= 4 is 13.6 Å². The molecule has 1 radical (unpaired) electrons. The van der Waals surface area contributed by atoms with Crippen LogP contribution in [0.5, 0.6) is 0 Å². The van der Waals surface area contributed by atoms with Gasteiger partial charge in [-0.25, -0.2) is 0 Å². The standard InChI is InChI=1S/C7H9N.C4H9.2CHO.Ru/c1-6-4-3-5-7(2)8-6;1-4(2)3;2*1-2;/h3-5H,1-2H3;1-3H3;2*1H;/q;3*-1;+3. The molecule has 1 heterocycles. The number of aromatic nitrogens is 1. The van der Waals surface area contributed by atoms with Crippen molar-refractivity contribution < 1.29 is 29.1 Å². The van der Waals surface area contributed by atoms with E-state index in [9.17, 15) is 0 Å². The van der Waals surface area contributed by atoms with Crippen molar-refractivity contribution in [3.63, 3.8) is 0 Å². The first-order chi connectivity index (χ1) is 7.52. The van der Waals surface area contributed by atoms with Crippen molar-refractivity contribution in [1.82, 2.24) is 4.98 Å². The summed E-state index contributed by atoms with van der Waals surface area (Å²) in [4.78, 5) is 19.7. The average molecular weight is 323 g/mol. The van der Waals surface area contributed by atoms with Gasteiger partial charge in [0.15, 0.2) is 0 Å². The molecule has 0 aliphatic heterocycles. The van der Waals surface area contributed by atoms with Gasteiger partial charge in [0.2, 0.25) is 0 Å². The van der Waals surface area contributed by atoms with Crippen LogP contribution in [0, 0.1) is 19.8 Å². The minimum atomic E-state index is 0. The molecule has 0 saturated heterocycles. The fraction of sp³-hybridized carbons (Fsp3) is 0.385. The van der Waals surface area contributed by atoms with Gasteiger partial charge in [-0.3, -0.25) is 18.6 Å². The molecule has 0 amide bonds. The fourth-order valence-electron chi connectivity index (χ4n) is 0.679. The Bertz CT molecular complexity index is 233. The molecule has 0 saturated carbocycles. The van der Waals surface area contributed by atoms with Crippen LogP contribution in [0.2, 0.25) is 0 Å². The summed E-state index contributed by atoms with van der Waals surface area (Å²) < 4.78 is 0. The first kappa shape index (κ1) is 25.1. The topological polar surface area (TPSA) is 47.0 Å². The number of aryl methyl sites for hydroxylation is 2. The Hall–Kier alpha value is -0.887. The first-order valence-electron chi connectivity index (χ1n) is 4.66. The Morgan fingerprint density at radius 2 is 1.18 bits per heavy atom. The Morgan fingerprint density at radius 1 is 0.941 bits per heavy atom. The van der Waals surface area contributed by atoms with Crippen molar-refractivity contribution in [2.75, 3.05) is 0 Å². The Labute approximate surface area is 118 Å². The summed E-state index contributed by atoms with van der Waals surface area (Å²) >= 11 is 0. The molecule has 0 aliphatic carbocycles. The smallest absolute Gasteiger partial charge is 0.545 e. The van der Waals surface area contributed by atoms with Crippen molar-refractivity contribution in [3.05, 3.63) is 35.5 Å². The third-order valence-corrected chi connectivity index (χ3v) is 1.03. The van der Waals surface area contributed by atoms with Gasteiger partial charge in [-0.05, 0) is 26.0 Å². The number of hydrogen-bond acceptors (Lipinski definition) is 3. The molecule has 0 N–H and O–H groups in total. The van der Waals surface area contributed by atoms with E-state index in [4.69, 9.17) is 9.59 Å². The van der Waals surface area contributed by atoms with Crippen LogP contribution in [0.3, 0.4) is 0 Å². The zero-order valence-corrected chi connectivity index (χ0v) is 12.7. The molecule has 1 aromatic rings. The van der Waals surface area contributed by atoms with Crippen LogP contribution in [0.1, 0.15) is 32.2 Å². The summed E-state index contributed by atoms with van der Waals surface area (Å²) in [6.45, 7) is 16.7. The van der Waals surface area contributed by atoms with Crippen LogP contribution in [0.4, 0.5) is 0 Å². The molecule has 0 fully saturated rings. The monoisotopic (exact) mass is 324 g/mol. The Kier molecular flexibility index (Phi) is 30.3. The third-order valence-electron chi connectivity index (χ3n) is 1.03. The molecule has 0 aliphatic rings. The van der Waals surface area contributed by atoms with Gasteiger partial charge >= 0.3 is 19.5 Å². The largest absolute Gasteiger partial charge is 3.00 e. The molecule has 0 spiro atoms. The number of rotatable bonds is 0. The number of nitrogens with zero attached hydrogens (tertiary/aromatic N) is 1. The second-order valence-electron chi connectivity index (χ2n) is 3.42. The molecule has 4 heteroatoms. The minimum Gasteiger partial charge on any atom is -0.545 e. The normalized spacial score (nSPS) is 6.94. The maximum absolute atomic E-state index is 7.75. The van der Waals surface area contributed by atoms with Gasteiger partial charge in [-0.15, -0.1) is 0 Å². The van der Waals surface area contributed by atoms with Crippen molar-refractivity contribution in [1.29, 1.82) is 0 Å². The molecule has 1 rings (SSSR count). The Morgan fingerprint density at radius 3 is 1.29 bits per heavy atom. The van der Waals surface area contributed by atoms with Crippen LogP contribution in [-0.4, -0.2) is 18.6 Å². The summed E-state index contributed by atoms with van der Waals surface area (Å²) in [6, 6.07) is 6.00. The van der Waals surface area contributed by atoms with E-state index in [1.165, 1.54) is 5.92 Å². The van der Waals surface area contributed by atoms with E-state index in [1.807, 2.05) is 32.0 Å². The summed E-state index contributed by atoms with van der Waals surface area (Å²) in [6.07, 6.45) is 0. The van der Waals surface area contributed by atoms with Crippen LogP contribution < -0.4 is 0 Å². The van der Waals surface area contributed by atoms with Crippen molar-refractivity contribution in [3.8, 4) is 0 Å². The van der Waals surface area contributed by atoms with E-state index in [-0.39, 0.29) is 19.5 Å². The maximum atomic E-state index is 7.75. The maximum Gasteiger partial charge on any atom is 3.00 e. The molecular weight excluding hydrogens is 303 g/mol. The number of carbonyl (C=O) groups excluding carboxylic acids is 2. The number of hydrogen-bond donors (Lipinski definition) is 0. The second kappa shape index (κ2) is 20.5. The van der Waals surface area contributed by atoms with Gasteiger partial charge in [0.25, 0.3) is 0 Å². The second-order valence-corrected chi connectivity index (χ2v) is 3.42. The van der Waals surface area contributed by atoms with Gasteiger partial charge in [-0.1, -0.05) is 6.07 Å². The zero-order valence-electron chi connectivity index (χ0n) is 11.0. The Balaban J connectivity index is -0.0000000814. The molecular formula is C13H20NO2Ru. The molecule has 3 nitrogen and oxygen atoms in total. The first-order valence-corrected chi connectivity index (χ1v) is 4.66. The van der Waals surface area contributed by atoms with Gasteiger partial charge in [0.1, 0.15) is 0 Å². The van der Waals surface area contributed by atoms with Gasteiger partial charge < -0.3 is 15.5 Å². The van der Waals surface area contributed by atoms with E-state index < -0.39 is 0 Å². The summed E-state index contributed by atoms with van der Waals surface area (Å²) in [7, 11) is 0. The van der Waals surface area contributed by atoms with Crippen molar-refractivity contribution in [2.45, 2.75) is 34.6 Å².